The number of hydrogen-bond acceptors (Lipinski definition) is 1. The van der Waals surface area contributed by atoms with Crippen molar-refractivity contribution in [3.8, 4) is 0 Å². The molecule has 0 radical (unpaired) electrons. The van der Waals surface area contributed by atoms with E-state index >= 15 is 0 Å². The minimum Gasteiger partial charge on any atom is -0.128 e. The predicted octanol–water partition coefficient (Wildman–Crippen LogP) is 3.98. The zero-order valence-electron chi connectivity index (χ0n) is 7.60. The maximum absolute atomic E-state index is 2.43. The summed E-state index contributed by atoms with van der Waals surface area (Å²) in [5.74, 6) is 0. The Morgan fingerprint density at radius 2 is 2.36 bits per heavy atom. The van der Waals surface area contributed by atoms with E-state index < -0.39 is 0 Å². The molecule has 0 N–H and O–H groups in total. The first kappa shape index (κ1) is 9.18. The maximum Gasteiger partial charge on any atom is 0.00601 e. The van der Waals surface area contributed by atoms with Gasteiger partial charge in [0.05, 0.1) is 0 Å². The van der Waals surface area contributed by atoms with Gasteiger partial charge in [0.15, 0.2) is 0 Å². The Balaban J connectivity index is 2.29. The minimum absolute atomic E-state index is 0.819. The van der Waals surface area contributed by atoms with E-state index in [-0.39, 0.29) is 0 Å². The van der Waals surface area contributed by atoms with Crippen LogP contribution >= 0.6 is 11.8 Å². The molecule has 0 fully saturated rings. The summed E-state index contributed by atoms with van der Waals surface area (Å²) >= 11 is 2.08. The SMILES string of the molecule is CCC(C)SC1=CCCCC1. The summed E-state index contributed by atoms with van der Waals surface area (Å²) in [4.78, 5) is 1.64. The predicted molar refractivity (Wildman–Crippen MR) is 53.9 cm³/mol. The van der Waals surface area contributed by atoms with Gasteiger partial charge in [0.25, 0.3) is 0 Å². The van der Waals surface area contributed by atoms with Gasteiger partial charge in [-0.25, -0.2) is 0 Å². The molecule has 0 aromatic carbocycles. The Hall–Kier alpha value is 0.0900. The molecule has 0 saturated carbocycles. The summed E-state index contributed by atoms with van der Waals surface area (Å²) in [7, 11) is 0. The highest BCUT2D eigenvalue weighted by Gasteiger charge is 2.07. The topological polar surface area (TPSA) is 0 Å². The van der Waals surface area contributed by atoms with Crippen molar-refractivity contribution < 1.29 is 0 Å². The Bertz CT molecular complexity index is 138. The second-order valence-electron chi connectivity index (χ2n) is 3.25. The highest BCUT2D eigenvalue weighted by Crippen LogP contribution is 2.31. The van der Waals surface area contributed by atoms with Crippen LogP contribution in [0.25, 0.3) is 0 Å². The van der Waals surface area contributed by atoms with Gasteiger partial charge in [-0.15, -0.1) is 11.8 Å². The molecule has 0 saturated heterocycles. The number of thioether (sulfide) groups is 1. The van der Waals surface area contributed by atoms with Crippen molar-refractivity contribution in [2.45, 2.75) is 51.2 Å². The van der Waals surface area contributed by atoms with Gasteiger partial charge in [-0.05, 0) is 37.0 Å². The Morgan fingerprint density at radius 1 is 1.55 bits per heavy atom. The molecule has 0 nitrogen and oxygen atoms in total. The first-order valence-electron chi connectivity index (χ1n) is 4.68. The van der Waals surface area contributed by atoms with Crippen LogP contribution in [-0.2, 0) is 0 Å². The first-order chi connectivity index (χ1) is 5.33. The van der Waals surface area contributed by atoms with Gasteiger partial charge in [0.2, 0.25) is 0 Å². The van der Waals surface area contributed by atoms with Crippen LogP contribution in [0.5, 0.6) is 0 Å². The van der Waals surface area contributed by atoms with Crippen molar-refractivity contribution in [1.82, 2.24) is 0 Å². The summed E-state index contributed by atoms with van der Waals surface area (Å²) < 4.78 is 0. The Kier molecular flexibility index (Phi) is 4.06. The summed E-state index contributed by atoms with van der Waals surface area (Å²) in [6.45, 7) is 4.58. The normalized spacial score (nSPS) is 21.1. The van der Waals surface area contributed by atoms with E-state index in [4.69, 9.17) is 0 Å². The van der Waals surface area contributed by atoms with E-state index in [1.165, 1.54) is 32.1 Å². The molecule has 1 aliphatic carbocycles. The summed E-state index contributed by atoms with van der Waals surface area (Å²) in [5, 5.41) is 0.819. The van der Waals surface area contributed by atoms with Crippen LogP contribution in [0.4, 0.5) is 0 Å². The lowest BCUT2D eigenvalue weighted by Crippen LogP contribution is -1.96. The molecule has 1 rings (SSSR count). The van der Waals surface area contributed by atoms with Crippen molar-refractivity contribution in [2.75, 3.05) is 0 Å². The highest BCUT2D eigenvalue weighted by atomic mass is 32.2. The fraction of sp³-hybridized carbons (Fsp3) is 0.800. The van der Waals surface area contributed by atoms with Gasteiger partial charge >= 0.3 is 0 Å². The molecule has 1 aliphatic rings. The van der Waals surface area contributed by atoms with Crippen LogP contribution in [0.3, 0.4) is 0 Å². The second-order valence-corrected chi connectivity index (χ2v) is 4.82. The number of hydrogen-bond donors (Lipinski definition) is 0. The van der Waals surface area contributed by atoms with Gasteiger partial charge in [-0.2, -0.15) is 0 Å². The van der Waals surface area contributed by atoms with E-state index in [9.17, 15) is 0 Å². The largest absolute Gasteiger partial charge is 0.128 e. The molecular weight excluding hydrogens is 152 g/mol. The van der Waals surface area contributed by atoms with Crippen LogP contribution in [-0.4, -0.2) is 5.25 Å². The molecule has 0 heterocycles. The summed E-state index contributed by atoms with van der Waals surface area (Å²) in [5.41, 5.74) is 0. The van der Waals surface area contributed by atoms with Crippen molar-refractivity contribution in [3.63, 3.8) is 0 Å². The van der Waals surface area contributed by atoms with Gasteiger partial charge in [0, 0.05) is 5.25 Å². The average Bonchev–Trinajstić information content (AvgIpc) is 2.06. The van der Waals surface area contributed by atoms with E-state index in [1.807, 2.05) is 0 Å². The fourth-order valence-electron chi connectivity index (χ4n) is 1.26. The summed E-state index contributed by atoms with van der Waals surface area (Å²) in [6, 6.07) is 0. The third kappa shape index (κ3) is 3.33. The Labute approximate surface area is 74.5 Å². The second kappa shape index (κ2) is 4.87. The maximum atomic E-state index is 2.43. The molecule has 1 unspecified atom stereocenters. The number of rotatable bonds is 3. The quantitative estimate of drug-likeness (QED) is 0.617. The van der Waals surface area contributed by atoms with E-state index in [1.54, 1.807) is 4.91 Å². The molecule has 64 valence electrons. The van der Waals surface area contributed by atoms with Crippen LogP contribution < -0.4 is 0 Å². The monoisotopic (exact) mass is 170 g/mol. The van der Waals surface area contributed by atoms with E-state index in [0.29, 0.717) is 0 Å². The van der Waals surface area contributed by atoms with Crippen molar-refractivity contribution in [3.05, 3.63) is 11.0 Å². The molecule has 0 amide bonds. The Morgan fingerprint density at radius 3 is 2.91 bits per heavy atom. The molecule has 1 atom stereocenters. The van der Waals surface area contributed by atoms with Gasteiger partial charge in [-0.1, -0.05) is 19.9 Å². The molecule has 0 aromatic heterocycles. The molecule has 0 aliphatic heterocycles. The van der Waals surface area contributed by atoms with Crippen molar-refractivity contribution in [2.24, 2.45) is 0 Å². The fourth-order valence-corrected chi connectivity index (χ4v) is 2.42. The highest BCUT2D eigenvalue weighted by molar-refractivity contribution is 8.03. The first-order valence-corrected chi connectivity index (χ1v) is 5.56. The molecule has 11 heavy (non-hydrogen) atoms. The van der Waals surface area contributed by atoms with Crippen LogP contribution in [0.1, 0.15) is 46.0 Å². The van der Waals surface area contributed by atoms with Gasteiger partial charge in [0.1, 0.15) is 0 Å². The number of allylic oxidation sites excluding steroid dienone is 2. The van der Waals surface area contributed by atoms with E-state index in [2.05, 4.69) is 31.7 Å². The van der Waals surface area contributed by atoms with Crippen LogP contribution in [0, 0.1) is 0 Å². The molecular formula is C10H18S. The molecule has 1 heteroatoms. The standard InChI is InChI=1S/C10H18S/c1-3-9(2)11-10-7-5-4-6-8-10/h7,9H,3-6,8H2,1-2H3. The van der Waals surface area contributed by atoms with Crippen molar-refractivity contribution >= 4 is 11.8 Å². The smallest absolute Gasteiger partial charge is 0.00601 e. The molecule has 0 spiro atoms. The van der Waals surface area contributed by atoms with Crippen molar-refractivity contribution in [1.29, 1.82) is 0 Å². The lowest BCUT2D eigenvalue weighted by Gasteiger charge is -2.15. The zero-order valence-corrected chi connectivity index (χ0v) is 8.41. The third-order valence-corrected chi connectivity index (χ3v) is 3.59. The van der Waals surface area contributed by atoms with Gasteiger partial charge < -0.3 is 0 Å². The lowest BCUT2D eigenvalue weighted by atomic mass is 10.1. The molecule has 0 bridgehead atoms. The molecule has 0 aromatic rings. The third-order valence-electron chi connectivity index (χ3n) is 2.18. The van der Waals surface area contributed by atoms with Crippen LogP contribution in [0.15, 0.2) is 11.0 Å². The van der Waals surface area contributed by atoms with Gasteiger partial charge in [-0.3, -0.25) is 0 Å². The minimum atomic E-state index is 0.819. The van der Waals surface area contributed by atoms with E-state index in [0.717, 1.165) is 5.25 Å². The zero-order chi connectivity index (χ0) is 8.10. The average molecular weight is 170 g/mol. The van der Waals surface area contributed by atoms with Crippen LogP contribution in [0.2, 0.25) is 0 Å². The lowest BCUT2D eigenvalue weighted by molar-refractivity contribution is 0.722. The summed E-state index contributed by atoms with van der Waals surface area (Å²) in [6.07, 6.45) is 9.20.